The SMILES string of the molecule is CC(C)NS(=O)(=O)Cc1ccccc1CNC(=O)Nc1nc(C(F)(F)F)cs1. The fraction of sp³-hybridized carbons (Fsp3) is 0.375. The number of carbonyl (C=O) groups is 1. The first-order chi connectivity index (χ1) is 13.0. The molecule has 0 radical (unpaired) electrons. The average molecular weight is 436 g/mol. The van der Waals surface area contributed by atoms with Crippen molar-refractivity contribution in [2.45, 2.75) is 38.4 Å². The Morgan fingerprint density at radius 1 is 1.21 bits per heavy atom. The Labute approximate surface area is 164 Å². The fourth-order valence-corrected chi connectivity index (χ4v) is 4.46. The third-order valence-electron chi connectivity index (χ3n) is 3.33. The molecule has 2 amide bonds. The number of nitrogens with one attached hydrogen (secondary N) is 3. The summed E-state index contributed by atoms with van der Waals surface area (Å²) in [7, 11) is -3.55. The lowest BCUT2D eigenvalue weighted by Crippen LogP contribution is -2.32. The minimum Gasteiger partial charge on any atom is -0.334 e. The van der Waals surface area contributed by atoms with E-state index in [1.807, 2.05) is 0 Å². The third kappa shape index (κ3) is 6.77. The molecule has 0 fully saturated rings. The van der Waals surface area contributed by atoms with Crippen LogP contribution in [0, 0.1) is 0 Å². The van der Waals surface area contributed by atoms with Gasteiger partial charge in [0, 0.05) is 18.0 Å². The van der Waals surface area contributed by atoms with Gasteiger partial charge in [-0.25, -0.2) is 22.9 Å². The van der Waals surface area contributed by atoms with Crippen molar-refractivity contribution in [3.8, 4) is 0 Å². The van der Waals surface area contributed by atoms with Crippen LogP contribution in [0.2, 0.25) is 0 Å². The van der Waals surface area contributed by atoms with Crippen LogP contribution in [0.25, 0.3) is 0 Å². The molecule has 154 valence electrons. The zero-order valence-corrected chi connectivity index (χ0v) is 16.6. The lowest BCUT2D eigenvalue weighted by atomic mass is 10.1. The van der Waals surface area contributed by atoms with Crippen molar-refractivity contribution in [2.24, 2.45) is 0 Å². The first kappa shape index (κ1) is 22.1. The monoisotopic (exact) mass is 436 g/mol. The molecule has 3 N–H and O–H groups in total. The molecule has 7 nitrogen and oxygen atoms in total. The van der Waals surface area contributed by atoms with E-state index in [1.54, 1.807) is 38.1 Å². The Hall–Kier alpha value is -2.18. The summed E-state index contributed by atoms with van der Waals surface area (Å²) in [5.74, 6) is -0.258. The van der Waals surface area contributed by atoms with Crippen molar-refractivity contribution in [1.29, 1.82) is 0 Å². The standard InChI is InChI=1S/C16H19F3N4O3S2/c1-10(2)23-28(25,26)9-12-6-4-3-5-11(12)7-20-14(24)22-15-21-13(8-27-15)16(17,18)19/h3-6,8,10,23H,7,9H2,1-2H3,(H2,20,21,22,24). The van der Waals surface area contributed by atoms with Gasteiger partial charge in [0.25, 0.3) is 0 Å². The Kier molecular flexibility index (Phi) is 7.01. The first-order valence-electron chi connectivity index (χ1n) is 8.10. The minimum absolute atomic E-state index is 0.00327. The third-order valence-corrected chi connectivity index (χ3v) is 5.61. The maximum atomic E-state index is 12.5. The van der Waals surface area contributed by atoms with Gasteiger partial charge >= 0.3 is 12.2 Å². The lowest BCUT2D eigenvalue weighted by Gasteiger charge is -2.13. The first-order valence-corrected chi connectivity index (χ1v) is 10.6. The largest absolute Gasteiger partial charge is 0.434 e. The van der Waals surface area contributed by atoms with Gasteiger partial charge < -0.3 is 5.32 Å². The Morgan fingerprint density at radius 3 is 2.43 bits per heavy atom. The van der Waals surface area contributed by atoms with Gasteiger partial charge in [-0.2, -0.15) is 13.2 Å². The Bertz CT molecular complexity index is 927. The number of hydrogen-bond donors (Lipinski definition) is 3. The Morgan fingerprint density at radius 2 is 1.86 bits per heavy atom. The second kappa shape index (κ2) is 8.88. The van der Waals surface area contributed by atoms with Crippen LogP contribution in [-0.4, -0.2) is 25.5 Å². The van der Waals surface area contributed by atoms with Crippen molar-refractivity contribution in [3.05, 3.63) is 46.5 Å². The number of alkyl halides is 3. The van der Waals surface area contributed by atoms with Gasteiger partial charge in [-0.3, -0.25) is 5.32 Å². The summed E-state index contributed by atoms with van der Waals surface area (Å²) in [6.45, 7) is 3.41. The Balaban J connectivity index is 1.99. The fourth-order valence-electron chi connectivity index (χ4n) is 2.25. The maximum absolute atomic E-state index is 12.5. The number of benzene rings is 1. The number of carbonyl (C=O) groups excluding carboxylic acids is 1. The second-order valence-electron chi connectivity index (χ2n) is 6.14. The maximum Gasteiger partial charge on any atom is 0.434 e. The second-order valence-corrected chi connectivity index (χ2v) is 8.76. The van der Waals surface area contributed by atoms with Crippen LogP contribution in [0.3, 0.4) is 0 Å². The van der Waals surface area contributed by atoms with E-state index in [1.165, 1.54) is 0 Å². The number of aromatic nitrogens is 1. The van der Waals surface area contributed by atoms with Gasteiger partial charge in [0.2, 0.25) is 10.0 Å². The van der Waals surface area contributed by atoms with Gasteiger partial charge in [0.1, 0.15) is 0 Å². The highest BCUT2D eigenvalue weighted by Crippen LogP contribution is 2.31. The van der Waals surface area contributed by atoms with E-state index in [9.17, 15) is 26.4 Å². The predicted molar refractivity (Wildman–Crippen MR) is 100 cm³/mol. The molecule has 0 aliphatic carbocycles. The zero-order valence-electron chi connectivity index (χ0n) is 15.0. The van der Waals surface area contributed by atoms with E-state index in [0.29, 0.717) is 22.5 Å². The molecule has 0 unspecified atom stereocenters. The number of halogens is 3. The molecule has 1 heterocycles. The average Bonchev–Trinajstić information content (AvgIpc) is 3.01. The predicted octanol–water partition coefficient (Wildman–Crippen LogP) is 3.31. The number of thiazole rings is 1. The molecule has 0 aliphatic heterocycles. The highest BCUT2D eigenvalue weighted by Gasteiger charge is 2.33. The molecule has 2 rings (SSSR count). The summed E-state index contributed by atoms with van der Waals surface area (Å²) in [5.41, 5.74) is -0.00698. The van der Waals surface area contributed by atoms with Crippen LogP contribution < -0.4 is 15.4 Å². The summed E-state index contributed by atoms with van der Waals surface area (Å²) in [6, 6.07) is 5.66. The van der Waals surface area contributed by atoms with E-state index in [-0.39, 0.29) is 23.5 Å². The lowest BCUT2D eigenvalue weighted by molar-refractivity contribution is -0.140. The van der Waals surface area contributed by atoms with Crippen LogP contribution in [0.4, 0.5) is 23.1 Å². The molecular formula is C16H19F3N4O3S2. The topological polar surface area (TPSA) is 100 Å². The number of anilines is 1. The van der Waals surface area contributed by atoms with E-state index in [0.717, 1.165) is 5.38 Å². The van der Waals surface area contributed by atoms with E-state index < -0.39 is 27.9 Å². The quantitative estimate of drug-likeness (QED) is 0.620. The summed E-state index contributed by atoms with van der Waals surface area (Å²) in [6.07, 6.45) is -4.58. The molecule has 0 atom stereocenters. The van der Waals surface area contributed by atoms with Gasteiger partial charge in [-0.05, 0) is 25.0 Å². The molecule has 1 aromatic heterocycles. The van der Waals surface area contributed by atoms with Gasteiger partial charge in [0.15, 0.2) is 10.8 Å². The van der Waals surface area contributed by atoms with Crippen LogP contribution in [0.5, 0.6) is 0 Å². The van der Waals surface area contributed by atoms with Crippen molar-refractivity contribution >= 4 is 32.5 Å². The summed E-state index contributed by atoms with van der Waals surface area (Å²) >= 11 is 0.652. The molecule has 0 saturated carbocycles. The molecule has 0 aliphatic rings. The number of hydrogen-bond acceptors (Lipinski definition) is 5. The van der Waals surface area contributed by atoms with Crippen molar-refractivity contribution in [2.75, 3.05) is 5.32 Å². The molecule has 0 spiro atoms. The van der Waals surface area contributed by atoms with Crippen molar-refractivity contribution in [3.63, 3.8) is 0 Å². The van der Waals surface area contributed by atoms with Crippen molar-refractivity contribution < 1.29 is 26.4 Å². The van der Waals surface area contributed by atoms with Crippen LogP contribution >= 0.6 is 11.3 Å². The van der Waals surface area contributed by atoms with Crippen LogP contribution in [0.15, 0.2) is 29.6 Å². The van der Waals surface area contributed by atoms with E-state index in [4.69, 9.17) is 0 Å². The molecule has 28 heavy (non-hydrogen) atoms. The zero-order chi connectivity index (χ0) is 20.9. The number of sulfonamides is 1. The number of urea groups is 1. The van der Waals surface area contributed by atoms with E-state index in [2.05, 4.69) is 20.3 Å². The normalized spacial score (nSPS) is 12.2. The molecular weight excluding hydrogens is 417 g/mol. The van der Waals surface area contributed by atoms with Crippen molar-refractivity contribution in [1.82, 2.24) is 15.0 Å². The molecule has 0 bridgehead atoms. The highest BCUT2D eigenvalue weighted by atomic mass is 32.2. The highest BCUT2D eigenvalue weighted by molar-refractivity contribution is 7.88. The van der Waals surface area contributed by atoms with Crippen LogP contribution in [0.1, 0.15) is 30.7 Å². The summed E-state index contributed by atoms with van der Waals surface area (Å²) in [4.78, 5) is 15.2. The number of amides is 2. The number of nitrogens with zero attached hydrogens (tertiary/aromatic N) is 1. The number of rotatable bonds is 7. The molecule has 1 aromatic carbocycles. The minimum atomic E-state index is -4.58. The molecule has 0 saturated heterocycles. The summed E-state index contributed by atoms with van der Waals surface area (Å²) in [5, 5.41) is 5.32. The van der Waals surface area contributed by atoms with Gasteiger partial charge in [-0.1, -0.05) is 24.3 Å². The molecule has 2 aromatic rings. The van der Waals surface area contributed by atoms with Gasteiger partial charge in [-0.15, -0.1) is 11.3 Å². The van der Waals surface area contributed by atoms with Gasteiger partial charge in [0.05, 0.1) is 5.75 Å². The van der Waals surface area contributed by atoms with E-state index >= 15 is 0 Å². The molecule has 12 heteroatoms. The smallest absolute Gasteiger partial charge is 0.334 e. The summed E-state index contributed by atoms with van der Waals surface area (Å²) < 4.78 is 64.3. The van der Waals surface area contributed by atoms with Crippen LogP contribution in [-0.2, 0) is 28.5 Å².